The lowest BCUT2D eigenvalue weighted by molar-refractivity contribution is 0.533. The first-order valence-electron chi connectivity index (χ1n) is 5.61. The maximum atomic E-state index is 2.44. The van der Waals surface area contributed by atoms with Crippen molar-refractivity contribution in [1.29, 1.82) is 0 Å². The summed E-state index contributed by atoms with van der Waals surface area (Å²) in [5, 5.41) is 0. The first kappa shape index (κ1) is 9.51. The van der Waals surface area contributed by atoms with Crippen molar-refractivity contribution in [3.05, 3.63) is 42.0 Å². The van der Waals surface area contributed by atoms with Gasteiger partial charge in [-0.05, 0) is 36.3 Å². The Labute approximate surface area is 86.7 Å². The summed E-state index contributed by atoms with van der Waals surface area (Å²) >= 11 is 0. The average molecular weight is 186 g/mol. The first-order chi connectivity index (χ1) is 6.86. The van der Waals surface area contributed by atoms with Gasteiger partial charge in [-0.3, -0.25) is 0 Å². The van der Waals surface area contributed by atoms with Crippen molar-refractivity contribution in [3.8, 4) is 0 Å². The van der Waals surface area contributed by atoms with Gasteiger partial charge in [0.1, 0.15) is 0 Å². The molecule has 1 unspecified atom stereocenters. The Balaban J connectivity index is 2.18. The van der Waals surface area contributed by atoms with Crippen LogP contribution in [0.1, 0.15) is 38.2 Å². The zero-order valence-electron chi connectivity index (χ0n) is 8.87. The molecule has 1 aromatic rings. The predicted octanol–water partition coefficient (Wildman–Crippen LogP) is 4.28. The SMILES string of the molecule is CC1CC=C(c2ccccc2)CCC1. The highest BCUT2D eigenvalue weighted by molar-refractivity contribution is 5.65. The molecule has 0 nitrogen and oxygen atoms in total. The number of rotatable bonds is 1. The summed E-state index contributed by atoms with van der Waals surface area (Å²) in [6.07, 6.45) is 7.68. The number of hydrogen-bond donors (Lipinski definition) is 0. The second-order valence-electron chi connectivity index (χ2n) is 4.33. The Bertz CT molecular complexity index is 308. The summed E-state index contributed by atoms with van der Waals surface area (Å²) in [7, 11) is 0. The molecule has 0 aliphatic heterocycles. The van der Waals surface area contributed by atoms with Crippen molar-refractivity contribution < 1.29 is 0 Å². The topological polar surface area (TPSA) is 0 Å². The Hall–Kier alpha value is -1.04. The molecule has 0 bridgehead atoms. The van der Waals surface area contributed by atoms with Gasteiger partial charge in [-0.2, -0.15) is 0 Å². The molecule has 1 aliphatic carbocycles. The van der Waals surface area contributed by atoms with Crippen LogP contribution < -0.4 is 0 Å². The van der Waals surface area contributed by atoms with E-state index in [1.165, 1.54) is 31.2 Å². The second kappa shape index (κ2) is 4.45. The third-order valence-electron chi connectivity index (χ3n) is 3.05. The van der Waals surface area contributed by atoms with Crippen molar-refractivity contribution in [2.45, 2.75) is 32.6 Å². The molecule has 0 amide bonds. The largest absolute Gasteiger partial charge is 0.0805 e. The first-order valence-corrected chi connectivity index (χ1v) is 5.61. The number of allylic oxidation sites excluding steroid dienone is 2. The third kappa shape index (κ3) is 2.25. The van der Waals surface area contributed by atoms with Crippen LogP contribution in [-0.2, 0) is 0 Å². The molecular weight excluding hydrogens is 168 g/mol. The minimum atomic E-state index is 0.871. The quantitative estimate of drug-likeness (QED) is 0.614. The molecular formula is C14H18. The molecule has 1 aliphatic rings. The van der Waals surface area contributed by atoms with Crippen LogP contribution in [0.5, 0.6) is 0 Å². The van der Waals surface area contributed by atoms with Gasteiger partial charge in [0.2, 0.25) is 0 Å². The van der Waals surface area contributed by atoms with E-state index < -0.39 is 0 Å². The molecule has 0 heterocycles. The highest BCUT2D eigenvalue weighted by atomic mass is 14.1. The number of benzene rings is 1. The molecule has 74 valence electrons. The van der Waals surface area contributed by atoms with Crippen LogP contribution in [0, 0.1) is 5.92 Å². The van der Waals surface area contributed by atoms with Gasteiger partial charge in [-0.1, -0.05) is 49.8 Å². The molecule has 0 spiro atoms. The lowest BCUT2D eigenvalue weighted by Gasteiger charge is -2.04. The van der Waals surface area contributed by atoms with Crippen LogP contribution in [0.2, 0.25) is 0 Å². The summed E-state index contributed by atoms with van der Waals surface area (Å²) in [4.78, 5) is 0. The van der Waals surface area contributed by atoms with E-state index in [9.17, 15) is 0 Å². The molecule has 0 fully saturated rings. The van der Waals surface area contributed by atoms with Crippen molar-refractivity contribution in [2.24, 2.45) is 5.92 Å². The van der Waals surface area contributed by atoms with Gasteiger partial charge in [0, 0.05) is 0 Å². The predicted molar refractivity (Wildman–Crippen MR) is 62.1 cm³/mol. The molecule has 0 radical (unpaired) electrons. The summed E-state index contributed by atoms with van der Waals surface area (Å²) in [6.45, 7) is 2.35. The van der Waals surface area contributed by atoms with E-state index in [1.807, 2.05) is 0 Å². The second-order valence-corrected chi connectivity index (χ2v) is 4.33. The third-order valence-corrected chi connectivity index (χ3v) is 3.05. The average Bonchev–Trinajstić information content (AvgIpc) is 2.44. The van der Waals surface area contributed by atoms with E-state index in [1.54, 1.807) is 5.57 Å². The van der Waals surface area contributed by atoms with Crippen LogP contribution >= 0.6 is 0 Å². The van der Waals surface area contributed by atoms with E-state index >= 15 is 0 Å². The van der Waals surface area contributed by atoms with Crippen LogP contribution in [0.25, 0.3) is 5.57 Å². The van der Waals surface area contributed by atoms with Crippen molar-refractivity contribution in [2.75, 3.05) is 0 Å². The van der Waals surface area contributed by atoms with Crippen molar-refractivity contribution in [3.63, 3.8) is 0 Å². The normalized spacial score (nSPS) is 22.6. The van der Waals surface area contributed by atoms with E-state index in [2.05, 4.69) is 43.3 Å². The maximum absolute atomic E-state index is 2.44. The fraction of sp³-hybridized carbons (Fsp3) is 0.429. The summed E-state index contributed by atoms with van der Waals surface area (Å²) in [5.74, 6) is 0.871. The van der Waals surface area contributed by atoms with Gasteiger partial charge < -0.3 is 0 Å². The zero-order chi connectivity index (χ0) is 9.80. The van der Waals surface area contributed by atoms with Crippen LogP contribution in [0.4, 0.5) is 0 Å². The fourth-order valence-corrected chi connectivity index (χ4v) is 2.12. The van der Waals surface area contributed by atoms with Crippen LogP contribution in [0.15, 0.2) is 36.4 Å². The van der Waals surface area contributed by atoms with E-state index in [0.29, 0.717) is 0 Å². The monoisotopic (exact) mass is 186 g/mol. The highest BCUT2D eigenvalue weighted by Crippen LogP contribution is 2.28. The van der Waals surface area contributed by atoms with Gasteiger partial charge in [0.15, 0.2) is 0 Å². The molecule has 0 saturated carbocycles. The van der Waals surface area contributed by atoms with Crippen molar-refractivity contribution in [1.82, 2.24) is 0 Å². The Morgan fingerprint density at radius 3 is 2.71 bits per heavy atom. The highest BCUT2D eigenvalue weighted by Gasteiger charge is 2.08. The summed E-state index contributed by atoms with van der Waals surface area (Å²) in [6, 6.07) is 10.8. The van der Waals surface area contributed by atoms with Crippen molar-refractivity contribution >= 4 is 5.57 Å². The standard InChI is InChI=1S/C14H18/c1-12-6-5-9-14(11-10-12)13-7-3-2-4-8-13/h2-4,7-8,11-12H,5-6,9-10H2,1H3. The summed E-state index contributed by atoms with van der Waals surface area (Å²) in [5.41, 5.74) is 2.97. The Morgan fingerprint density at radius 2 is 1.93 bits per heavy atom. The zero-order valence-corrected chi connectivity index (χ0v) is 8.87. The molecule has 0 heteroatoms. The summed E-state index contributed by atoms with van der Waals surface area (Å²) < 4.78 is 0. The van der Waals surface area contributed by atoms with E-state index in [-0.39, 0.29) is 0 Å². The maximum Gasteiger partial charge on any atom is -0.0228 e. The molecule has 2 rings (SSSR count). The number of hydrogen-bond acceptors (Lipinski definition) is 0. The molecule has 0 aromatic heterocycles. The smallest absolute Gasteiger partial charge is 0.0228 e. The molecule has 0 saturated heterocycles. The molecule has 1 aromatic carbocycles. The van der Waals surface area contributed by atoms with Gasteiger partial charge in [0.05, 0.1) is 0 Å². The van der Waals surface area contributed by atoms with E-state index in [0.717, 1.165) is 5.92 Å². The minimum Gasteiger partial charge on any atom is -0.0805 e. The molecule has 0 N–H and O–H groups in total. The van der Waals surface area contributed by atoms with Gasteiger partial charge >= 0.3 is 0 Å². The van der Waals surface area contributed by atoms with Gasteiger partial charge in [0.25, 0.3) is 0 Å². The fourth-order valence-electron chi connectivity index (χ4n) is 2.12. The molecule has 14 heavy (non-hydrogen) atoms. The van der Waals surface area contributed by atoms with Crippen LogP contribution in [0.3, 0.4) is 0 Å². The van der Waals surface area contributed by atoms with Gasteiger partial charge in [-0.25, -0.2) is 0 Å². The minimum absolute atomic E-state index is 0.871. The lowest BCUT2D eigenvalue weighted by atomic mass is 10.0. The van der Waals surface area contributed by atoms with Crippen LogP contribution in [-0.4, -0.2) is 0 Å². The Morgan fingerprint density at radius 1 is 1.14 bits per heavy atom. The molecule has 1 atom stereocenters. The Kier molecular flexibility index (Phi) is 3.03. The van der Waals surface area contributed by atoms with E-state index in [4.69, 9.17) is 0 Å². The lowest BCUT2D eigenvalue weighted by Crippen LogP contribution is -1.88. The van der Waals surface area contributed by atoms with Gasteiger partial charge in [-0.15, -0.1) is 0 Å².